The number of nitrogens with zero attached hydrogens (tertiary/aromatic N) is 4. The zero-order chi connectivity index (χ0) is 32.1. The number of hydrogen-bond acceptors (Lipinski definition) is 5. The van der Waals surface area contributed by atoms with Gasteiger partial charge in [0.25, 0.3) is 0 Å². The lowest BCUT2D eigenvalue weighted by atomic mass is 10.0. The van der Waals surface area contributed by atoms with Crippen LogP contribution < -0.4 is 0 Å². The van der Waals surface area contributed by atoms with E-state index in [0.29, 0.717) is 17.6 Å². The number of furan rings is 2. The van der Waals surface area contributed by atoms with Gasteiger partial charge in [0, 0.05) is 48.8 Å². The van der Waals surface area contributed by atoms with Gasteiger partial charge in [-0.1, -0.05) is 84.9 Å². The molecule has 6 heteroatoms. The molecule has 11 aromatic rings. The molecule has 0 spiro atoms. The van der Waals surface area contributed by atoms with E-state index in [2.05, 4.69) is 102 Å². The lowest BCUT2D eigenvalue weighted by Gasteiger charge is -2.11. The Morgan fingerprint density at radius 2 is 0.939 bits per heavy atom. The van der Waals surface area contributed by atoms with E-state index >= 15 is 0 Å². The monoisotopic (exact) mass is 628 g/mol. The molecule has 0 radical (unpaired) electrons. The van der Waals surface area contributed by atoms with Gasteiger partial charge in [0.2, 0.25) is 5.95 Å². The fourth-order valence-electron chi connectivity index (χ4n) is 7.38. The number of para-hydroxylation sites is 4. The molecule has 0 N–H and O–H groups in total. The molecule has 0 fully saturated rings. The van der Waals surface area contributed by atoms with Crippen LogP contribution in [0.25, 0.3) is 105 Å². The van der Waals surface area contributed by atoms with Gasteiger partial charge >= 0.3 is 0 Å². The van der Waals surface area contributed by atoms with Gasteiger partial charge in [0.15, 0.2) is 11.6 Å². The molecule has 0 aliphatic heterocycles. The van der Waals surface area contributed by atoms with Crippen molar-refractivity contribution in [3.8, 4) is 28.7 Å². The quantitative estimate of drug-likeness (QED) is 0.195. The maximum Gasteiger partial charge on any atom is 0.238 e. The van der Waals surface area contributed by atoms with Crippen molar-refractivity contribution in [3.05, 3.63) is 146 Å². The highest BCUT2D eigenvalue weighted by Crippen LogP contribution is 2.37. The minimum atomic E-state index is 0.558. The van der Waals surface area contributed by atoms with Crippen LogP contribution in [-0.4, -0.2) is 19.5 Å². The van der Waals surface area contributed by atoms with Gasteiger partial charge in [0.05, 0.1) is 11.0 Å². The molecule has 0 bridgehead atoms. The summed E-state index contributed by atoms with van der Waals surface area (Å²) in [5, 5.41) is 8.69. The molecule has 7 aromatic carbocycles. The molecular weight excluding hydrogens is 604 g/mol. The first-order valence-corrected chi connectivity index (χ1v) is 16.3. The summed E-state index contributed by atoms with van der Waals surface area (Å²) in [7, 11) is 0. The van der Waals surface area contributed by atoms with Crippen molar-refractivity contribution in [1.29, 1.82) is 0 Å². The number of rotatable bonds is 3. The molecule has 11 rings (SSSR count). The third-order valence-corrected chi connectivity index (χ3v) is 9.66. The van der Waals surface area contributed by atoms with Gasteiger partial charge < -0.3 is 8.83 Å². The zero-order valence-corrected chi connectivity index (χ0v) is 26.0. The fraction of sp³-hybridized carbons (Fsp3) is 0. The number of hydrogen-bond donors (Lipinski definition) is 0. The summed E-state index contributed by atoms with van der Waals surface area (Å²) in [6, 6.07) is 49.8. The molecular formula is C43H24N4O2. The molecule has 0 atom stereocenters. The summed E-state index contributed by atoms with van der Waals surface area (Å²) in [4.78, 5) is 15.5. The Morgan fingerprint density at radius 1 is 0.388 bits per heavy atom. The first-order chi connectivity index (χ1) is 24.3. The topological polar surface area (TPSA) is 69.9 Å². The van der Waals surface area contributed by atoms with E-state index in [1.54, 1.807) is 0 Å². The second-order valence-corrected chi connectivity index (χ2v) is 12.4. The molecule has 0 saturated heterocycles. The van der Waals surface area contributed by atoms with Crippen LogP contribution in [0.4, 0.5) is 0 Å². The second kappa shape index (κ2) is 9.86. The van der Waals surface area contributed by atoms with E-state index in [1.807, 2.05) is 48.5 Å². The number of benzene rings is 7. The molecule has 0 saturated carbocycles. The third-order valence-electron chi connectivity index (χ3n) is 9.66. The normalized spacial score (nSPS) is 12.1. The van der Waals surface area contributed by atoms with Crippen LogP contribution in [0.2, 0.25) is 0 Å². The predicted octanol–water partition coefficient (Wildman–Crippen LogP) is 11.3. The Morgan fingerprint density at radius 3 is 1.67 bits per heavy atom. The summed E-state index contributed by atoms with van der Waals surface area (Å²) >= 11 is 0. The van der Waals surface area contributed by atoms with Crippen LogP contribution in [0.5, 0.6) is 0 Å². The average Bonchev–Trinajstić information content (AvgIpc) is 3.84. The van der Waals surface area contributed by atoms with Gasteiger partial charge in [-0.2, -0.15) is 9.97 Å². The molecule has 0 amide bonds. The first-order valence-electron chi connectivity index (χ1n) is 16.3. The summed E-state index contributed by atoms with van der Waals surface area (Å²) < 4.78 is 14.6. The van der Waals surface area contributed by atoms with Crippen LogP contribution in [0.3, 0.4) is 0 Å². The third kappa shape index (κ3) is 3.85. The second-order valence-electron chi connectivity index (χ2n) is 12.4. The van der Waals surface area contributed by atoms with Crippen molar-refractivity contribution in [3.63, 3.8) is 0 Å². The maximum atomic E-state index is 6.34. The molecule has 0 aliphatic carbocycles. The summed E-state index contributed by atoms with van der Waals surface area (Å²) in [5.74, 6) is 1.73. The first kappa shape index (κ1) is 26.3. The molecule has 4 heterocycles. The van der Waals surface area contributed by atoms with Crippen molar-refractivity contribution in [2.45, 2.75) is 0 Å². The van der Waals surface area contributed by atoms with Crippen molar-refractivity contribution in [1.82, 2.24) is 19.5 Å². The highest BCUT2D eigenvalue weighted by atomic mass is 16.3. The van der Waals surface area contributed by atoms with E-state index in [-0.39, 0.29) is 0 Å². The fourth-order valence-corrected chi connectivity index (χ4v) is 7.38. The number of aromatic nitrogens is 4. The van der Waals surface area contributed by atoms with Crippen LogP contribution in [0.15, 0.2) is 154 Å². The number of fused-ring (bicyclic) bond motifs is 11. The van der Waals surface area contributed by atoms with Gasteiger partial charge in [-0.05, 0) is 66.0 Å². The van der Waals surface area contributed by atoms with Crippen molar-refractivity contribution >= 4 is 76.5 Å². The highest BCUT2D eigenvalue weighted by Gasteiger charge is 2.19. The van der Waals surface area contributed by atoms with Crippen molar-refractivity contribution < 1.29 is 8.83 Å². The summed E-state index contributed by atoms with van der Waals surface area (Å²) in [5.41, 5.74) is 7.29. The molecule has 0 unspecified atom stereocenters. The van der Waals surface area contributed by atoms with Crippen LogP contribution in [-0.2, 0) is 0 Å². The Labute approximate surface area is 278 Å². The highest BCUT2D eigenvalue weighted by molar-refractivity contribution is 6.15. The standard InChI is InChI=1S/C43H24N4O2/c1-5-13-35-29(9-1)30-10-2-6-14-36(30)47(35)43-45-41(44-42(46-43)27-19-22-39-34(24-27)32-12-4-7-15-37(32)48-39)26-18-20-28-25(23-26)17-21-33-31-11-3-8-16-38(31)49-40(28)33/h1-24H. The van der Waals surface area contributed by atoms with Crippen LogP contribution in [0.1, 0.15) is 0 Å². The molecule has 4 aromatic heterocycles. The Balaban J connectivity index is 1.17. The van der Waals surface area contributed by atoms with Gasteiger partial charge in [-0.25, -0.2) is 4.98 Å². The summed E-state index contributed by atoms with van der Waals surface area (Å²) in [6.07, 6.45) is 0. The average molecular weight is 629 g/mol. The SMILES string of the molecule is c1ccc2c(c1)oc1ccc(-c3nc(-c4ccc5c(ccc6c7ccccc7oc56)c4)nc(-n4c5ccccc5c5ccccc54)n3)cc12. The Hall–Kier alpha value is -6.79. The molecule has 49 heavy (non-hydrogen) atoms. The van der Waals surface area contributed by atoms with E-state index in [4.69, 9.17) is 23.8 Å². The van der Waals surface area contributed by atoms with E-state index < -0.39 is 0 Å². The van der Waals surface area contributed by atoms with Crippen molar-refractivity contribution in [2.75, 3.05) is 0 Å². The zero-order valence-electron chi connectivity index (χ0n) is 26.0. The largest absolute Gasteiger partial charge is 0.456 e. The lowest BCUT2D eigenvalue weighted by Crippen LogP contribution is -2.06. The molecule has 0 aliphatic rings. The Kier molecular flexibility index (Phi) is 5.29. The van der Waals surface area contributed by atoms with E-state index in [1.165, 1.54) is 0 Å². The Bertz CT molecular complexity index is 3080. The minimum absolute atomic E-state index is 0.558. The molecule has 228 valence electrons. The van der Waals surface area contributed by atoms with E-state index in [0.717, 1.165) is 87.6 Å². The smallest absolute Gasteiger partial charge is 0.238 e. The van der Waals surface area contributed by atoms with Crippen LogP contribution in [0, 0.1) is 0 Å². The molecule has 6 nitrogen and oxygen atoms in total. The van der Waals surface area contributed by atoms with E-state index in [9.17, 15) is 0 Å². The van der Waals surface area contributed by atoms with Crippen LogP contribution >= 0.6 is 0 Å². The van der Waals surface area contributed by atoms with Gasteiger partial charge in [-0.3, -0.25) is 4.57 Å². The lowest BCUT2D eigenvalue weighted by molar-refractivity contribution is 0.669. The van der Waals surface area contributed by atoms with Gasteiger partial charge in [0.1, 0.15) is 22.3 Å². The van der Waals surface area contributed by atoms with Gasteiger partial charge in [-0.15, -0.1) is 0 Å². The maximum absolute atomic E-state index is 6.34. The minimum Gasteiger partial charge on any atom is -0.456 e. The summed E-state index contributed by atoms with van der Waals surface area (Å²) in [6.45, 7) is 0. The predicted molar refractivity (Wildman–Crippen MR) is 197 cm³/mol. The van der Waals surface area contributed by atoms with Crippen molar-refractivity contribution in [2.24, 2.45) is 0 Å².